The van der Waals surface area contributed by atoms with Gasteiger partial charge in [0.15, 0.2) is 11.6 Å². The maximum Gasteiger partial charge on any atom is 0.197 e. The van der Waals surface area contributed by atoms with E-state index in [-0.39, 0.29) is 11.4 Å². The third-order valence-electron chi connectivity index (χ3n) is 1.96. The monoisotopic (exact) mass is 200 g/mol. The van der Waals surface area contributed by atoms with E-state index in [1.54, 1.807) is 17.0 Å². The van der Waals surface area contributed by atoms with E-state index in [4.69, 9.17) is 11.0 Å². The van der Waals surface area contributed by atoms with Gasteiger partial charge in [-0.05, 0) is 0 Å². The van der Waals surface area contributed by atoms with Gasteiger partial charge in [0, 0.05) is 19.4 Å². The van der Waals surface area contributed by atoms with Gasteiger partial charge in [-0.3, -0.25) is 0 Å². The second-order valence-electron chi connectivity index (χ2n) is 2.97. The van der Waals surface area contributed by atoms with Gasteiger partial charge in [-0.1, -0.05) is 0 Å². The SMILES string of the molecule is Cn1ccnc1-c1ncc(C#N)c(N)n1. The molecule has 2 aromatic heterocycles. The van der Waals surface area contributed by atoms with Crippen LogP contribution in [0.4, 0.5) is 5.82 Å². The minimum atomic E-state index is 0.172. The van der Waals surface area contributed by atoms with E-state index >= 15 is 0 Å². The first-order chi connectivity index (χ1) is 7.22. The van der Waals surface area contributed by atoms with Crippen molar-refractivity contribution < 1.29 is 0 Å². The summed E-state index contributed by atoms with van der Waals surface area (Å²) >= 11 is 0. The lowest BCUT2D eigenvalue weighted by atomic mass is 10.3. The van der Waals surface area contributed by atoms with E-state index < -0.39 is 0 Å². The van der Waals surface area contributed by atoms with Gasteiger partial charge in [0.05, 0.1) is 6.20 Å². The second kappa shape index (κ2) is 3.38. The average molecular weight is 200 g/mol. The zero-order chi connectivity index (χ0) is 10.8. The van der Waals surface area contributed by atoms with Gasteiger partial charge in [0.25, 0.3) is 0 Å². The van der Waals surface area contributed by atoms with E-state index in [0.717, 1.165) is 0 Å². The molecule has 0 aromatic carbocycles. The number of imidazole rings is 1. The Morgan fingerprint density at radius 1 is 1.47 bits per heavy atom. The van der Waals surface area contributed by atoms with Crippen LogP contribution in [-0.2, 0) is 7.05 Å². The van der Waals surface area contributed by atoms with Crippen molar-refractivity contribution in [2.75, 3.05) is 5.73 Å². The molecule has 2 N–H and O–H groups in total. The van der Waals surface area contributed by atoms with Crippen molar-refractivity contribution >= 4 is 5.82 Å². The van der Waals surface area contributed by atoms with Crippen LogP contribution in [0.3, 0.4) is 0 Å². The van der Waals surface area contributed by atoms with E-state index in [1.165, 1.54) is 6.20 Å². The highest BCUT2D eigenvalue weighted by atomic mass is 15.1. The van der Waals surface area contributed by atoms with Crippen LogP contribution in [0.1, 0.15) is 5.56 Å². The molecule has 0 amide bonds. The smallest absolute Gasteiger partial charge is 0.197 e. The summed E-state index contributed by atoms with van der Waals surface area (Å²) < 4.78 is 1.78. The molecule has 0 bridgehead atoms. The molecule has 0 atom stereocenters. The molecular formula is C9H8N6. The molecule has 0 radical (unpaired) electrons. The van der Waals surface area contributed by atoms with Crippen molar-refractivity contribution in [3.63, 3.8) is 0 Å². The Morgan fingerprint density at radius 3 is 2.80 bits per heavy atom. The number of nitriles is 1. The first-order valence-corrected chi connectivity index (χ1v) is 4.22. The van der Waals surface area contributed by atoms with Crippen LogP contribution in [0.15, 0.2) is 18.6 Å². The zero-order valence-corrected chi connectivity index (χ0v) is 8.05. The fourth-order valence-corrected chi connectivity index (χ4v) is 1.17. The highest BCUT2D eigenvalue weighted by Gasteiger charge is 2.09. The van der Waals surface area contributed by atoms with Crippen LogP contribution in [-0.4, -0.2) is 19.5 Å². The summed E-state index contributed by atoms with van der Waals surface area (Å²) in [7, 11) is 1.83. The maximum absolute atomic E-state index is 8.66. The van der Waals surface area contributed by atoms with Crippen molar-refractivity contribution in [3.05, 3.63) is 24.2 Å². The maximum atomic E-state index is 8.66. The first kappa shape index (κ1) is 9.15. The van der Waals surface area contributed by atoms with E-state index in [0.29, 0.717) is 11.6 Å². The predicted molar refractivity (Wildman–Crippen MR) is 53.4 cm³/mol. The summed E-state index contributed by atoms with van der Waals surface area (Å²) in [5, 5.41) is 8.66. The van der Waals surface area contributed by atoms with Gasteiger partial charge in [0.2, 0.25) is 0 Å². The molecular weight excluding hydrogens is 192 g/mol. The Hall–Kier alpha value is -2.42. The number of nitrogen functional groups attached to an aromatic ring is 1. The van der Waals surface area contributed by atoms with Crippen molar-refractivity contribution in [2.24, 2.45) is 7.05 Å². The highest BCUT2D eigenvalue weighted by molar-refractivity contribution is 5.53. The standard InChI is InChI=1S/C9H8N6/c1-15-3-2-12-9(15)8-13-5-6(4-10)7(11)14-8/h2-3,5H,1H3,(H2,11,13,14). The number of hydrogen-bond donors (Lipinski definition) is 1. The average Bonchev–Trinajstić information content (AvgIpc) is 2.64. The largest absolute Gasteiger partial charge is 0.382 e. The number of hydrogen-bond acceptors (Lipinski definition) is 5. The summed E-state index contributed by atoms with van der Waals surface area (Å²) in [5.74, 6) is 1.20. The van der Waals surface area contributed by atoms with Crippen molar-refractivity contribution in [2.45, 2.75) is 0 Å². The van der Waals surface area contributed by atoms with Crippen molar-refractivity contribution in [1.82, 2.24) is 19.5 Å². The van der Waals surface area contributed by atoms with Crippen LogP contribution in [0, 0.1) is 11.3 Å². The molecule has 74 valence electrons. The van der Waals surface area contributed by atoms with Crippen LogP contribution in [0.2, 0.25) is 0 Å². The van der Waals surface area contributed by atoms with Crippen LogP contribution >= 0.6 is 0 Å². The molecule has 15 heavy (non-hydrogen) atoms. The minimum absolute atomic E-state index is 0.172. The topological polar surface area (TPSA) is 93.4 Å². The van der Waals surface area contributed by atoms with Crippen molar-refractivity contribution in [1.29, 1.82) is 5.26 Å². The van der Waals surface area contributed by atoms with Gasteiger partial charge in [-0.15, -0.1) is 0 Å². The quantitative estimate of drug-likeness (QED) is 0.715. The molecule has 0 spiro atoms. The molecule has 2 rings (SSSR count). The Morgan fingerprint density at radius 2 is 2.27 bits per heavy atom. The third-order valence-corrected chi connectivity index (χ3v) is 1.96. The predicted octanol–water partition coefficient (Wildman–Crippen LogP) is 0.331. The first-order valence-electron chi connectivity index (χ1n) is 4.22. The van der Waals surface area contributed by atoms with Gasteiger partial charge in [-0.25, -0.2) is 15.0 Å². The lowest BCUT2D eigenvalue weighted by Crippen LogP contribution is -2.02. The second-order valence-corrected chi connectivity index (χ2v) is 2.97. The lowest BCUT2D eigenvalue weighted by molar-refractivity contribution is 0.906. The molecule has 0 saturated heterocycles. The zero-order valence-electron chi connectivity index (χ0n) is 8.05. The summed E-state index contributed by atoms with van der Waals surface area (Å²) in [5.41, 5.74) is 5.85. The number of rotatable bonds is 1. The molecule has 0 fully saturated rings. The molecule has 0 unspecified atom stereocenters. The summed E-state index contributed by atoms with van der Waals surface area (Å²) in [6, 6.07) is 1.91. The third kappa shape index (κ3) is 1.50. The molecule has 0 aliphatic carbocycles. The van der Waals surface area contributed by atoms with Crippen molar-refractivity contribution in [3.8, 4) is 17.7 Å². The van der Waals surface area contributed by atoms with Crippen LogP contribution < -0.4 is 5.73 Å². The van der Waals surface area contributed by atoms with Crippen LogP contribution in [0.25, 0.3) is 11.6 Å². The molecule has 0 aliphatic rings. The number of anilines is 1. The molecule has 0 saturated carbocycles. The number of nitrogens with two attached hydrogens (primary N) is 1. The fraction of sp³-hybridized carbons (Fsp3) is 0.111. The Labute approximate surface area is 86.0 Å². The molecule has 0 aliphatic heterocycles. The summed E-state index contributed by atoms with van der Waals surface area (Å²) in [4.78, 5) is 12.1. The van der Waals surface area contributed by atoms with Gasteiger partial charge < -0.3 is 10.3 Å². The number of aromatic nitrogens is 4. The molecule has 6 heteroatoms. The van der Waals surface area contributed by atoms with Gasteiger partial charge >= 0.3 is 0 Å². The molecule has 2 aromatic rings. The van der Waals surface area contributed by atoms with E-state index in [1.807, 2.05) is 13.1 Å². The lowest BCUT2D eigenvalue weighted by Gasteiger charge is -2.01. The summed E-state index contributed by atoms with van der Waals surface area (Å²) in [6.07, 6.45) is 4.83. The number of nitrogens with zero attached hydrogens (tertiary/aromatic N) is 5. The van der Waals surface area contributed by atoms with E-state index in [9.17, 15) is 0 Å². The summed E-state index contributed by atoms with van der Waals surface area (Å²) in [6.45, 7) is 0. The van der Waals surface area contributed by atoms with Crippen LogP contribution in [0.5, 0.6) is 0 Å². The minimum Gasteiger partial charge on any atom is -0.382 e. The Kier molecular flexibility index (Phi) is 2.06. The van der Waals surface area contributed by atoms with E-state index in [2.05, 4.69) is 15.0 Å². The molecule has 2 heterocycles. The van der Waals surface area contributed by atoms with Gasteiger partial charge in [0.1, 0.15) is 17.5 Å². The fourth-order valence-electron chi connectivity index (χ4n) is 1.17. The highest BCUT2D eigenvalue weighted by Crippen LogP contribution is 2.14. The Bertz CT molecular complexity index is 536. The molecule has 6 nitrogen and oxygen atoms in total. The normalized spacial score (nSPS) is 9.87. The Balaban J connectivity index is 2.53. The number of aryl methyl sites for hydroxylation is 1. The van der Waals surface area contributed by atoms with Gasteiger partial charge in [-0.2, -0.15) is 5.26 Å².